The monoisotopic (exact) mass is 264 g/mol. The quantitative estimate of drug-likeness (QED) is 0.252. The molecule has 0 atom stereocenters. The van der Waals surface area contributed by atoms with Crippen LogP contribution in [-0.2, 0) is 14.3 Å². The van der Waals surface area contributed by atoms with Gasteiger partial charge in [-0.2, -0.15) is 0 Å². The second-order valence-electron chi connectivity index (χ2n) is 3.27. The summed E-state index contributed by atoms with van der Waals surface area (Å²) in [4.78, 5) is 22.2. The number of rotatable bonds is 4. The van der Waals surface area contributed by atoms with E-state index < -0.39 is 29.1 Å². The standard InChI is InChI=1S/C12H10F2O4.Li.H/c1-2-18-12(17)11(16)6-10(15)7-3-8(13)5-9(14)4-7;;/h3-6,15H,2H2,1H3;;/q;+1;-1. The molecule has 0 unspecified atom stereocenters. The summed E-state index contributed by atoms with van der Waals surface area (Å²) in [5.74, 6) is -4.80. The first kappa shape index (κ1) is 17.4. The van der Waals surface area contributed by atoms with Crippen molar-refractivity contribution >= 4 is 17.5 Å². The minimum absolute atomic E-state index is 0. The van der Waals surface area contributed by atoms with Crippen molar-refractivity contribution in [2.45, 2.75) is 6.92 Å². The van der Waals surface area contributed by atoms with E-state index in [1.54, 1.807) is 0 Å². The number of ether oxygens (including phenoxy) is 1. The molecule has 0 aromatic heterocycles. The van der Waals surface area contributed by atoms with Crippen molar-refractivity contribution in [2.24, 2.45) is 0 Å². The molecule has 0 bridgehead atoms. The molecule has 4 nitrogen and oxygen atoms in total. The van der Waals surface area contributed by atoms with Crippen LogP contribution in [0.2, 0.25) is 0 Å². The van der Waals surface area contributed by atoms with E-state index in [2.05, 4.69) is 4.74 Å². The Morgan fingerprint density at radius 1 is 1.32 bits per heavy atom. The third kappa shape index (κ3) is 5.24. The average molecular weight is 264 g/mol. The molecule has 0 saturated carbocycles. The SMILES string of the molecule is CCOC(=O)C(=O)C=C(O)c1cc(F)cc(F)c1.[H-].[Li+]. The molecule has 0 aliphatic rings. The predicted molar refractivity (Wildman–Crippen MR) is 59.7 cm³/mol. The van der Waals surface area contributed by atoms with E-state index in [0.29, 0.717) is 12.1 Å². The van der Waals surface area contributed by atoms with Crippen molar-refractivity contribution in [3.05, 3.63) is 41.5 Å². The van der Waals surface area contributed by atoms with Gasteiger partial charge < -0.3 is 11.3 Å². The van der Waals surface area contributed by atoms with Crippen LogP contribution in [-0.4, -0.2) is 23.5 Å². The average Bonchev–Trinajstić information content (AvgIpc) is 2.27. The molecule has 7 heteroatoms. The molecule has 0 saturated heterocycles. The molecule has 0 amide bonds. The molecular formula is C12H11F2LiO4. The molecule has 0 radical (unpaired) electrons. The van der Waals surface area contributed by atoms with Crippen LogP contribution in [0, 0.1) is 11.6 Å². The third-order valence-electron chi connectivity index (χ3n) is 1.90. The Hall–Kier alpha value is -1.64. The van der Waals surface area contributed by atoms with Gasteiger partial charge in [0.1, 0.15) is 17.4 Å². The maximum Gasteiger partial charge on any atom is 1.00 e. The van der Waals surface area contributed by atoms with Crippen molar-refractivity contribution in [3.63, 3.8) is 0 Å². The Kier molecular flexibility index (Phi) is 7.05. The summed E-state index contributed by atoms with van der Waals surface area (Å²) < 4.78 is 30.1. The van der Waals surface area contributed by atoms with Crippen LogP contribution in [0.4, 0.5) is 8.78 Å². The topological polar surface area (TPSA) is 63.6 Å². The Morgan fingerprint density at radius 3 is 2.32 bits per heavy atom. The molecule has 1 rings (SSSR count). The predicted octanol–water partition coefficient (Wildman–Crippen LogP) is -0.888. The van der Waals surface area contributed by atoms with Gasteiger partial charge in [0.25, 0.3) is 5.78 Å². The summed E-state index contributed by atoms with van der Waals surface area (Å²) in [5, 5.41) is 9.46. The van der Waals surface area contributed by atoms with E-state index in [9.17, 15) is 23.5 Å². The minimum atomic E-state index is -1.15. The van der Waals surface area contributed by atoms with Crippen LogP contribution in [0.25, 0.3) is 5.76 Å². The van der Waals surface area contributed by atoms with Crippen molar-refractivity contribution in [2.75, 3.05) is 6.61 Å². The summed E-state index contributed by atoms with van der Waals surface area (Å²) in [7, 11) is 0. The summed E-state index contributed by atoms with van der Waals surface area (Å²) in [6.45, 7) is 1.52. The summed E-state index contributed by atoms with van der Waals surface area (Å²) in [5.41, 5.74) is -0.245. The maximum absolute atomic E-state index is 12.9. The molecule has 1 aromatic rings. The molecule has 0 spiro atoms. The molecule has 0 aliphatic heterocycles. The van der Waals surface area contributed by atoms with Crippen LogP contribution >= 0.6 is 0 Å². The molecule has 98 valence electrons. The first-order valence-electron chi connectivity index (χ1n) is 5.02. The van der Waals surface area contributed by atoms with Gasteiger partial charge in [-0.3, -0.25) is 4.79 Å². The molecule has 0 heterocycles. The second-order valence-corrected chi connectivity index (χ2v) is 3.27. The first-order valence-corrected chi connectivity index (χ1v) is 5.02. The van der Waals surface area contributed by atoms with Gasteiger partial charge in [-0.1, -0.05) is 0 Å². The number of halogens is 2. The number of carbonyl (C=O) groups is 2. The normalized spacial score (nSPS) is 10.6. The zero-order chi connectivity index (χ0) is 13.7. The van der Waals surface area contributed by atoms with E-state index in [1.165, 1.54) is 6.92 Å². The molecule has 19 heavy (non-hydrogen) atoms. The Morgan fingerprint density at radius 2 is 1.84 bits per heavy atom. The van der Waals surface area contributed by atoms with Crippen molar-refractivity contribution in [1.29, 1.82) is 0 Å². The fraction of sp³-hybridized carbons (Fsp3) is 0.167. The molecule has 1 N–H and O–H groups in total. The molecule has 0 aliphatic carbocycles. The number of esters is 1. The Balaban J connectivity index is 0. The van der Waals surface area contributed by atoms with Crippen LogP contribution < -0.4 is 18.9 Å². The van der Waals surface area contributed by atoms with Crippen LogP contribution in [0.15, 0.2) is 24.3 Å². The van der Waals surface area contributed by atoms with Gasteiger partial charge >= 0.3 is 24.8 Å². The number of aliphatic hydroxyl groups is 1. The van der Waals surface area contributed by atoms with Crippen LogP contribution in [0.1, 0.15) is 13.9 Å². The van der Waals surface area contributed by atoms with Gasteiger partial charge in [0.05, 0.1) is 6.61 Å². The smallest absolute Gasteiger partial charge is 1.00 e. The fourth-order valence-electron chi connectivity index (χ4n) is 1.17. The van der Waals surface area contributed by atoms with Crippen molar-refractivity contribution in [3.8, 4) is 0 Å². The van der Waals surface area contributed by atoms with Crippen LogP contribution in [0.3, 0.4) is 0 Å². The van der Waals surface area contributed by atoms with Crippen molar-refractivity contribution < 1.29 is 48.5 Å². The van der Waals surface area contributed by atoms with Gasteiger partial charge in [0, 0.05) is 17.7 Å². The summed E-state index contributed by atoms with van der Waals surface area (Å²) in [6.07, 6.45) is 0.548. The molecule has 0 fully saturated rings. The maximum atomic E-state index is 12.9. The van der Waals surface area contributed by atoms with Gasteiger partial charge in [-0.15, -0.1) is 0 Å². The van der Waals surface area contributed by atoms with E-state index in [0.717, 1.165) is 12.1 Å². The number of carbonyl (C=O) groups excluding carboxylic acids is 2. The second kappa shape index (κ2) is 7.72. The number of benzene rings is 1. The fourth-order valence-corrected chi connectivity index (χ4v) is 1.17. The van der Waals surface area contributed by atoms with E-state index in [-0.39, 0.29) is 32.5 Å². The summed E-state index contributed by atoms with van der Waals surface area (Å²) in [6, 6.07) is 2.27. The third-order valence-corrected chi connectivity index (χ3v) is 1.90. The largest absolute Gasteiger partial charge is 1.00 e. The Bertz CT molecular complexity index is 500. The minimum Gasteiger partial charge on any atom is -1.00 e. The number of hydrogen-bond donors (Lipinski definition) is 1. The zero-order valence-electron chi connectivity index (χ0n) is 11.4. The van der Waals surface area contributed by atoms with Gasteiger partial charge in [0.15, 0.2) is 0 Å². The van der Waals surface area contributed by atoms with Gasteiger partial charge in [-0.25, -0.2) is 13.6 Å². The Labute approximate surface area is 121 Å². The summed E-state index contributed by atoms with van der Waals surface area (Å²) >= 11 is 0. The molecule has 1 aromatic carbocycles. The first-order chi connectivity index (χ1) is 8.43. The zero-order valence-corrected chi connectivity index (χ0v) is 10.4. The number of aliphatic hydroxyl groups excluding tert-OH is 1. The van der Waals surface area contributed by atoms with E-state index in [4.69, 9.17) is 0 Å². The van der Waals surface area contributed by atoms with Crippen LogP contribution in [0.5, 0.6) is 0 Å². The van der Waals surface area contributed by atoms with E-state index in [1.807, 2.05) is 0 Å². The number of ketones is 1. The number of hydrogen-bond acceptors (Lipinski definition) is 4. The van der Waals surface area contributed by atoms with E-state index >= 15 is 0 Å². The van der Waals surface area contributed by atoms with Crippen molar-refractivity contribution in [1.82, 2.24) is 0 Å². The van der Waals surface area contributed by atoms with Gasteiger partial charge in [-0.05, 0) is 19.1 Å². The van der Waals surface area contributed by atoms with Gasteiger partial charge in [0.2, 0.25) is 0 Å². The molecular weight excluding hydrogens is 253 g/mol.